The Kier molecular flexibility index (Phi) is 16.4. The van der Waals surface area contributed by atoms with Crippen molar-refractivity contribution in [2.75, 3.05) is 92.1 Å². The van der Waals surface area contributed by atoms with Crippen molar-refractivity contribution < 1.29 is 44.1 Å². The summed E-state index contributed by atoms with van der Waals surface area (Å²) in [5, 5.41) is 35.7. The van der Waals surface area contributed by atoms with Crippen LogP contribution in [0.4, 0.5) is 0 Å². The average molecular weight is 574 g/mol. The molecule has 3 amide bonds. The third-order valence-electron chi connectivity index (χ3n) is 6.32. The fraction of sp³-hybridized carbons (Fsp3) is 0.750. The number of carboxylic acids is 3. The summed E-state index contributed by atoms with van der Waals surface area (Å²) in [6, 6.07) is -0.926. The van der Waals surface area contributed by atoms with Crippen LogP contribution in [0.25, 0.3) is 0 Å². The summed E-state index contributed by atoms with van der Waals surface area (Å²) in [5.74, 6) is -4.29. The van der Waals surface area contributed by atoms with Crippen LogP contribution in [-0.4, -0.2) is 169 Å². The van der Waals surface area contributed by atoms with Gasteiger partial charge in [0, 0.05) is 72.4 Å². The van der Waals surface area contributed by atoms with Crippen molar-refractivity contribution in [3.05, 3.63) is 0 Å². The molecule has 1 heterocycles. The van der Waals surface area contributed by atoms with E-state index in [1.165, 1.54) is 7.05 Å². The molecule has 1 atom stereocenters. The van der Waals surface area contributed by atoms with Crippen LogP contribution in [0.5, 0.6) is 0 Å². The number of aliphatic carboxylic acids is 3. The van der Waals surface area contributed by atoms with E-state index in [0.717, 1.165) is 0 Å². The van der Waals surface area contributed by atoms with Crippen LogP contribution < -0.4 is 16.0 Å². The Morgan fingerprint density at radius 3 is 1.35 bits per heavy atom. The Bertz CT molecular complexity index is 842. The molecule has 40 heavy (non-hydrogen) atoms. The Hall–Kier alpha value is -3.34. The minimum atomic E-state index is -1.05. The lowest BCUT2D eigenvalue weighted by Crippen LogP contribution is -2.52. The molecule has 1 saturated heterocycles. The van der Waals surface area contributed by atoms with Gasteiger partial charge in [-0.1, -0.05) is 0 Å². The molecule has 1 fully saturated rings. The average Bonchev–Trinajstić information content (AvgIpc) is 2.86. The number of hydrogen-bond donors (Lipinski definition) is 6. The Balaban J connectivity index is 3.02. The van der Waals surface area contributed by atoms with Crippen molar-refractivity contribution in [1.29, 1.82) is 0 Å². The molecule has 1 aliphatic heterocycles. The first-order valence-corrected chi connectivity index (χ1v) is 13.3. The highest BCUT2D eigenvalue weighted by Gasteiger charge is 2.24. The Morgan fingerprint density at radius 1 is 0.650 bits per heavy atom. The molecule has 0 unspecified atom stereocenters. The van der Waals surface area contributed by atoms with Crippen molar-refractivity contribution in [2.24, 2.45) is 0 Å². The Morgan fingerprint density at radius 2 is 1.02 bits per heavy atom. The first-order valence-electron chi connectivity index (χ1n) is 13.3. The molecule has 0 aromatic rings. The van der Waals surface area contributed by atoms with Gasteiger partial charge in [-0.15, -0.1) is 0 Å². The summed E-state index contributed by atoms with van der Waals surface area (Å²) in [6.07, 6.45) is 0.137. The lowest BCUT2D eigenvalue weighted by Gasteiger charge is -2.33. The van der Waals surface area contributed by atoms with E-state index in [1.54, 1.807) is 26.5 Å². The van der Waals surface area contributed by atoms with Crippen LogP contribution in [0.3, 0.4) is 0 Å². The molecule has 0 aromatic heterocycles. The van der Waals surface area contributed by atoms with Crippen LogP contribution in [0.2, 0.25) is 0 Å². The molecular formula is C24H43N7O9. The van der Waals surface area contributed by atoms with E-state index in [1.807, 2.05) is 0 Å². The molecule has 228 valence electrons. The monoisotopic (exact) mass is 573 g/mol. The zero-order valence-corrected chi connectivity index (χ0v) is 23.3. The second kappa shape index (κ2) is 18.9. The van der Waals surface area contributed by atoms with Crippen LogP contribution in [0.1, 0.15) is 19.8 Å². The molecule has 0 spiro atoms. The van der Waals surface area contributed by atoms with Crippen molar-refractivity contribution in [3.63, 3.8) is 0 Å². The van der Waals surface area contributed by atoms with E-state index < -0.39 is 35.8 Å². The van der Waals surface area contributed by atoms with E-state index in [2.05, 4.69) is 16.0 Å². The summed E-state index contributed by atoms with van der Waals surface area (Å²) in [6.45, 7) is 3.24. The first kappa shape index (κ1) is 34.7. The topological polar surface area (TPSA) is 212 Å². The van der Waals surface area contributed by atoms with Gasteiger partial charge in [-0.2, -0.15) is 0 Å². The van der Waals surface area contributed by atoms with E-state index in [-0.39, 0.29) is 97.3 Å². The standard InChI is InChI=1S/C24H43N7O9/c1-3-26-24(40)18(4-5-19(32)25-2)27-20(33)14-28-6-8-29(15-21(34)35)10-12-31(17-23(38)39)13-11-30(9-7-28)16-22(36)37/h18H,3-17H2,1-2H3,(H,25,32)(H,26,40)(H,27,33)(H,34,35)(H,36,37)(H,38,39)/t18-/m1/s1. The lowest BCUT2D eigenvalue weighted by atomic mass is 10.1. The van der Waals surface area contributed by atoms with Crippen molar-refractivity contribution in [2.45, 2.75) is 25.8 Å². The smallest absolute Gasteiger partial charge is 0.317 e. The number of carboxylic acid groups (broad SMARTS) is 3. The van der Waals surface area contributed by atoms with Gasteiger partial charge in [-0.3, -0.25) is 48.4 Å². The zero-order valence-electron chi connectivity index (χ0n) is 23.3. The van der Waals surface area contributed by atoms with Gasteiger partial charge in [0.15, 0.2) is 0 Å². The van der Waals surface area contributed by atoms with E-state index in [9.17, 15) is 44.1 Å². The molecular weight excluding hydrogens is 530 g/mol. The van der Waals surface area contributed by atoms with Crippen LogP contribution in [0.15, 0.2) is 0 Å². The maximum Gasteiger partial charge on any atom is 0.317 e. The SMILES string of the molecule is CCNC(=O)[C@@H](CCC(=O)NC)NC(=O)CN1CCN(CC(=O)O)CCN(CC(=O)O)CCN(CC(=O)O)CC1. The summed E-state index contributed by atoms with van der Waals surface area (Å²) in [5.41, 5.74) is 0. The second-order valence-electron chi connectivity index (χ2n) is 9.51. The molecule has 16 heteroatoms. The van der Waals surface area contributed by atoms with E-state index >= 15 is 0 Å². The highest BCUT2D eigenvalue weighted by molar-refractivity contribution is 5.89. The number of rotatable bonds is 14. The normalized spacial score (nSPS) is 17.6. The fourth-order valence-corrected chi connectivity index (χ4v) is 4.19. The van der Waals surface area contributed by atoms with Gasteiger partial charge in [-0.25, -0.2) is 0 Å². The maximum atomic E-state index is 13.0. The number of likely N-dealkylation sites (N-methyl/N-ethyl adjacent to an activating group) is 1. The molecule has 0 aromatic carbocycles. The predicted molar refractivity (Wildman–Crippen MR) is 143 cm³/mol. The zero-order chi connectivity index (χ0) is 30.1. The number of carbonyl (C=O) groups is 6. The Labute approximate surface area is 233 Å². The molecule has 1 aliphatic rings. The summed E-state index contributed by atoms with van der Waals surface area (Å²) >= 11 is 0. The van der Waals surface area contributed by atoms with Crippen LogP contribution in [0, 0.1) is 0 Å². The number of hydrogen-bond acceptors (Lipinski definition) is 10. The minimum Gasteiger partial charge on any atom is -0.480 e. The number of amides is 3. The van der Waals surface area contributed by atoms with Gasteiger partial charge < -0.3 is 31.3 Å². The molecule has 0 aliphatic carbocycles. The second-order valence-corrected chi connectivity index (χ2v) is 9.51. The quantitative estimate of drug-likeness (QED) is 0.120. The van der Waals surface area contributed by atoms with Crippen molar-refractivity contribution in [1.82, 2.24) is 35.6 Å². The van der Waals surface area contributed by atoms with Gasteiger partial charge in [0.1, 0.15) is 6.04 Å². The summed E-state index contributed by atoms with van der Waals surface area (Å²) in [4.78, 5) is 78.0. The largest absolute Gasteiger partial charge is 0.480 e. The number of carbonyl (C=O) groups excluding carboxylic acids is 3. The maximum absolute atomic E-state index is 13.0. The first-order chi connectivity index (χ1) is 18.9. The fourth-order valence-electron chi connectivity index (χ4n) is 4.19. The summed E-state index contributed by atoms with van der Waals surface area (Å²) in [7, 11) is 1.48. The summed E-state index contributed by atoms with van der Waals surface area (Å²) < 4.78 is 0. The highest BCUT2D eigenvalue weighted by atomic mass is 16.4. The molecule has 0 saturated carbocycles. The minimum absolute atomic E-state index is 0.0372. The van der Waals surface area contributed by atoms with Gasteiger partial charge in [0.05, 0.1) is 26.2 Å². The highest BCUT2D eigenvalue weighted by Crippen LogP contribution is 2.03. The van der Waals surface area contributed by atoms with Crippen LogP contribution in [-0.2, 0) is 28.8 Å². The van der Waals surface area contributed by atoms with Gasteiger partial charge in [-0.05, 0) is 13.3 Å². The predicted octanol–water partition coefficient (Wildman–Crippen LogP) is -3.39. The molecule has 0 radical (unpaired) electrons. The molecule has 0 bridgehead atoms. The van der Waals surface area contributed by atoms with E-state index in [4.69, 9.17) is 0 Å². The van der Waals surface area contributed by atoms with Gasteiger partial charge >= 0.3 is 17.9 Å². The van der Waals surface area contributed by atoms with Crippen molar-refractivity contribution in [3.8, 4) is 0 Å². The lowest BCUT2D eigenvalue weighted by molar-refractivity contribution is -0.140. The van der Waals surface area contributed by atoms with Crippen LogP contribution >= 0.6 is 0 Å². The number of nitrogens with one attached hydrogen (secondary N) is 3. The molecule has 16 nitrogen and oxygen atoms in total. The molecule has 1 rings (SSSR count). The van der Waals surface area contributed by atoms with E-state index in [0.29, 0.717) is 6.54 Å². The molecule has 6 N–H and O–H groups in total. The third-order valence-corrected chi connectivity index (χ3v) is 6.32. The third kappa shape index (κ3) is 15.3. The van der Waals surface area contributed by atoms with Gasteiger partial charge in [0.2, 0.25) is 17.7 Å². The number of nitrogens with zero attached hydrogens (tertiary/aromatic N) is 4. The van der Waals surface area contributed by atoms with Crippen molar-refractivity contribution >= 4 is 35.6 Å². The van der Waals surface area contributed by atoms with Gasteiger partial charge in [0.25, 0.3) is 0 Å².